The topological polar surface area (TPSA) is 52.3 Å². The summed E-state index contributed by atoms with van der Waals surface area (Å²) in [5, 5.41) is 0. The van der Waals surface area contributed by atoms with Gasteiger partial charge in [-0.3, -0.25) is 4.79 Å². The first-order valence-corrected chi connectivity index (χ1v) is 6.42. The lowest BCUT2D eigenvalue weighted by Crippen LogP contribution is -2.05. The molecule has 3 nitrogen and oxygen atoms in total. The summed E-state index contributed by atoms with van der Waals surface area (Å²) in [5.74, 6) is 0.425. The van der Waals surface area contributed by atoms with Crippen LogP contribution in [0.2, 0.25) is 0 Å². The first-order chi connectivity index (χ1) is 8.72. The summed E-state index contributed by atoms with van der Waals surface area (Å²) in [7, 11) is 0. The van der Waals surface area contributed by atoms with Crippen LogP contribution >= 0.6 is 0 Å². The van der Waals surface area contributed by atoms with E-state index in [-0.39, 0.29) is 0 Å². The molecule has 0 aliphatic rings. The van der Waals surface area contributed by atoms with E-state index in [2.05, 4.69) is 6.92 Å². The maximum atomic E-state index is 10.6. The maximum absolute atomic E-state index is 10.6. The third-order valence-electron chi connectivity index (χ3n) is 2.59. The van der Waals surface area contributed by atoms with Crippen LogP contribution in [0.15, 0.2) is 30.3 Å². The Labute approximate surface area is 109 Å². The van der Waals surface area contributed by atoms with Crippen molar-refractivity contribution in [3.05, 3.63) is 35.9 Å². The van der Waals surface area contributed by atoms with Gasteiger partial charge in [0.25, 0.3) is 0 Å². The fourth-order valence-corrected chi connectivity index (χ4v) is 1.57. The number of ether oxygens (including phenoxy) is 1. The molecule has 0 bridgehead atoms. The van der Waals surface area contributed by atoms with E-state index in [1.54, 1.807) is 6.08 Å². The van der Waals surface area contributed by atoms with Crippen LogP contribution in [0.3, 0.4) is 0 Å². The van der Waals surface area contributed by atoms with Crippen molar-refractivity contribution >= 4 is 12.0 Å². The van der Waals surface area contributed by atoms with Gasteiger partial charge in [0, 0.05) is 6.08 Å². The number of primary amides is 1. The van der Waals surface area contributed by atoms with Crippen molar-refractivity contribution in [1.82, 2.24) is 0 Å². The molecule has 0 saturated carbocycles. The molecule has 1 aromatic carbocycles. The van der Waals surface area contributed by atoms with Gasteiger partial charge in [0.15, 0.2) is 0 Å². The number of carbonyl (C=O) groups excluding carboxylic acids is 1. The minimum atomic E-state index is -0.439. The quantitative estimate of drug-likeness (QED) is 0.566. The highest BCUT2D eigenvalue weighted by Crippen LogP contribution is 2.13. The van der Waals surface area contributed by atoms with Crippen molar-refractivity contribution in [3.63, 3.8) is 0 Å². The minimum Gasteiger partial charge on any atom is -0.494 e. The Morgan fingerprint density at radius 1 is 1.22 bits per heavy atom. The number of benzene rings is 1. The number of nitrogens with two attached hydrogens (primary N) is 1. The molecule has 0 aliphatic carbocycles. The van der Waals surface area contributed by atoms with Gasteiger partial charge in [0.05, 0.1) is 6.61 Å². The zero-order valence-corrected chi connectivity index (χ0v) is 10.9. The van der Waals surface area contributed by atoms with Crippen molar-refractivity contribution < 1.29 is 9.53 Å². The molecule has 1 amide bonds. The Hall–Kier alpha value is -1.77. The van der Waals surface area contributed by atoms with Gasteiger partial charge in [-0.1, -0.05) is 38.3 Å². The fraction of sp³-hybridized carbons (Fsp3) is 0.400. The van der Waals surface area contributed by atoms with E-state index in [4.69, 9.17) is 10.5 Å². The summed E-state index contributed by atoms with van der Waals surface area (Å²) < 4.78 is 5.62. The zero-order valence-electron chi connectivity index (χ0n) is 10.9. The van der Waals surface area contributed by atoms with Crippen molar-refractivity contribution in [2.45, 2.75) is 32.6 Å². The number of rotatable bonds is 8. The lowest BCUT2D eigenvalue weighted by atomic mass is 10.2. The average Bonchev–Trinajstić information content (AvgIpc) is 2.37. The molecule has 2 N–H and O–H groups in total. The summed E-state index contributed by atoms with van der Waals surface area (Å²) in [5.41, 5.74) is 5.96. The molecule has 1 aromatic rings. The molecule has 3 heteroatoms. The van der Waals surface area contributed by atoms with Gasteiger partial charge < -0.3 is 10.5 Å². The summed E-state index contributed by atoms with van der Waals surface area (Å²) >= 11 is 0. The van der Waals surface area contributed by atoms with Crippen LogP contribution in [0.4, 0.5) is 0 Å². The normalized spacial score (nSPS) is 10.7. The summed E-state index contributed by atoms with van der Waals surface area (Å²) in [6.45, 7) is 2.95. The van der Waals surface area contributed by atoms with Crippen LogP contribution < -0.4 is 10.5 Å². The number of unbranched alkanes of at least 4 members (excludes halogenated alkanes) is 3. The zero-order chi connectivity index (χ0) is 13.2. The predicted octanol–water partition coefficient (Wildman–Crippen LogP) is 3.14. The molecule has 18 heavy (non-hydrogen) atoms. The van der Waals surface area contributed by atoms with Crippen LogP contribution in [0.5, 0.6) is 5.75 Å². The second-order valence-corrected chi connectivity index (χ2v) is 4.21. The van der Waals surface area contributed by atoms with E-state index in [9.17, 15) is 4.79 Å². The Kier molecular flexibility index (Phi) is 6.62. The van der Waals surface area contributed by atoms with E-state index in [1.165, 1.54) is 25.3 Å². The molecule has 0 aromatic heterocycles. The van der Waals surface area contributed by atoms with E-state index in [0.717, 1.165) is 24.3 Å². The molecule has 0 fully saturated rings. The number of hydrogen-bond acceptors (Lipinski definition) is 2. The molecule has 1 rings (SSSR count). The monoisotopic (exact) mass is 247 g/mol. The molecule has 0 saturated heterocycles. The lowest BCUT2D eigenvalue weighted by molar-refractivity contribution is -0.113. The first-order valence-electron chi connectivity index (χ1n) is 6.42. The van der Waals surface area contributed by atoms with E-state index in [0.29, 0.717) is 0 Å². The number of carbonyl (C=O) groups is 1. The van der Waals surface area contributed by atoms with Gasteiger partial charge in [-0.2, -0.15) is 0 Å². The SMILES string of the molecule is CCCCCCOc1ccc(C=CC(N)=O)cc1. The highest BCUT2D eigenvalue weighted by atomic mass is 16.5. The molecule has 0 radical (unpaired) electrons. The summed E-state index contributed by atoms with van der Waals surface area (Å²) in [6.07, 6.45) is 7.85. The van der Waals surface area contributed by atoms with Gasteiger partial charge in [0.1, 0.15) is 5.75 Å². The van der Waals surface area contributed by atoms with E-state index >= 15 is 0 Å². The Bertz CT molecular complexity index is 382. The van der Waals surface area contributed by atoms with E-state index < -0.39 is 5.91 Å². The molecular weight excluding hydrogens is 226 g/mol. The third-order valence-corrected chi connectivity index (χ3v) is 2.59. The van der Waals surface area contributed by atoms with Gasteiger partial charge in [-0.25, -0.2) is 0 Å². The second-order valence-electron chi connectivity index (χ2n) is 4.21. The van der Waals surface area contributed by atoms with Crippen LogP contribution in [0.1, 0.15) is 38.2 Å². The van der Waals surface area contributed by atoms with Crippen LogP contribution in [0.25, 0.3) is 6.08 Å². The minimum absolute atomic E-state index is 0.439. The van der Waals surface area contributed by atoms with Crippen molar-refractivity contribution in [3.8, 4) is 5.75 Å². The van der Waals surface area contributed by atoms with Crippen LogP contribution in [-0.4, -0.2) is 12.5 Å². The van der Waals surface area contributed by atoms with Crippen LogP contribution in [0, 0.1) is 0 Å². The second kappa shape index (κ2) is 8.34. The largest absolute Gasteiger partial charge is 0.494 e. The van der Waals surface area contributed by atoms with Crippen LogP contribution in [-0.2, 0) is 4.79 Å². The Morgan fingerprint density at radius 3 is 2.56 bits per heavy atom. The van der Waals surface area contributed by atoms with Gasteiger partial charge in [-0.05, 0) is 30.2 Å². The molecule has 0 aliphatic heterocycles. The van der Waals surface area contributed by atoms with Crippen molar-refractivity contribution in [2.24, 2.45) is 5.73 Å². The molecule has 0 unspecified atom stereocenters. The van der Waals surface area contributed by atoms with Gasteiger partial charge in [-0.15, -0.1) is 0 Å². The molecule has 98 valence electrons. The van der Waals surface area contributed by atoms with Gasteiger partial charge in [0.2, 0.25) is 5.91 Å². The van der Waals surface area contributed by atoms with E-state index in [1.807, 2.05) is 24.3 Å². The molecule has 0 atom stereocenters. The first kappa shape index (κ1) is 14.3. The van der Waals surface area contributed by atoms with Crippen molar-refractivity contribution in [1.29, 1.82) is 0 Å². The predicted molar refractivity (Wildman–Crippen MR) is 74.3 cm³/mol. The average molecular weight is 247 g/mol. The summed E-state index contributed by atoms with van der Waals surface area (Å²) in [4.78, 5) is 10.6. The summed E-state index contributed by atoms with van der Waals surface area (Å²) in [6, 6.07) is 7.61. The third kappa shape index (κ3) is 6.09. The Morgan fingerprint density at radius 2 is 1.94 bits per heavy atom. The van der Waals surface area contributed by atoms with Gasteiger partial charge >= 0.3 is 0 Å². The molecule has 0 heterocycles. The Balaban J connectivity index is 2.34. The molecular formula is C15H21NO2. The lowest BCUT2D eigenvalue weighted by Gasteiger charge is -2.05. The fourth-order valence-electron chi connectivity index (χ4n) is 1.57. The highest BCUT2D eigenvalue weighted by molar-refractivity contribution is 5.90. The number of hydrogen-bond donors (Lipinski definition) is 1. The standard InChI is InChI=1S/C15H21NO2/c1-2-3-4-5-12-18-14-9-6-13(7-10-14)8-11-15(16)17/h6-11H,2-5,12H2,1H3,(H2,16,17). The highest BCUT2D eigenvalue weighted by Gasteiger charge is 1.94. The smallest absolute Gasteiger partial charge is 0.241 e. The number of amides is 1. The van der Waals surface area contributed by atoms with Crippen molar-refractivity contribution in [2.75, 3.05) is 6.61 Å². The maximum Gasteiger partial charge on any atom is 0.241 e. The molecule has 0 spiro atoms.